The molecule has 0 amide bonds. The van der Waals surface area contributed by atoms with Gasteiger partial charge in [0, 0.05) is 161 Å². The largest absolute Gasteiger partial charge is 0.493 e. The summed E-state index contributed by atoms with van der Waals surface area (Å²) < 4.78 is 9.31. The number of aromatic nitrogens is 6. The second-order valence-electron chi connectivity index (χ2n) is 22.6. The van der Waals surface area contributed by atoms with Gasteiger partial charge < -0.3 is 30.1 Å². The number of rotatable bonds is 16. The Kier molecular flexibility index (Phi) is 15.3. The third-order valence-corrected chi connectivity index (χ3v) is 18.6. The van der Waals surface area contributed by atoms with Crippen LogP contribution in [-0.4, -0.2) is 111 Å². The van der Waals surface area contributed by atoms with E-state index in [-0.39, 0.29) is 11.1 Å². The molecule has 4 aliphatic rings. The van der Waals surface area contributed by atoms with Gasteiger partial charge in [-0.2, -0.15) is 9.97 Å². The lowest BCUT2D eigenvalue weighted by atomic mass is 9.76. The summed E-state index contributed by atoms with van der Waals surface area (Å²) in [7, 11) is 2.17. The van der Waals surface area contributed by atoms with Crippen molar-refractivity contribution in [2.45, 2.75) is 65.5 Å². The number of nitrogens with zero attached hydrogens (tertiary/aromatic N) is 10. The third-order valence-electron chi connectivity index (χ3n) is 17.1. The molecule has 0 spiro atoms. The summed E-state index contributed by atoms with van der Waals surface area (Å²) >= 11 is 8.69. The van der Waals surface area contributed by atoms with Gasteiger partial charge in [0.25, 0.3) is 11.1 Å². The summed E-state index contributed by atoms with van der Waals surface area (Å²) in [6.07, 6.45) is 10.2. The van der Waals surface area contributed by atoms with Crippen molar-refractivity contribution in [2.75, 3.05) is 93.0 Å². The van der Waals surface area contributed by atoms with Crippen molar-refractivity contribution >= 4 is 85.4 Å². The van der Waals surface area contributed by atoms with Crippen LogP contribution < -0.4 is 31.6 Å². The highest BCUT2D eigenvalue weighted by molar-refractivity contribution is 7.15. The minimum Gasteiger partial charge on any atom is -0.493 e. The zero-order valence-electron chi connectivity index (χ0n) is 47.6. The fourth-order valence-electron chi connectivity index (χ4n) is 12.1. The first-order valence-corrected chi connectivity index (χ1v) is 30.6. The number of hydrogen-bond donors (Lipinski definition) is 2. The molecule has 0 radical (unpaired) electrons. The number of piperazine rings is 2. The monoisotopic (exact) mass is 1140 g/mol. The number of nitrogens with one attached hydrogen (secondary N) is 2. The van der Waals surface area contributed by atoms with Crippen LogP contribution in [0.15, 0.2) is 137 Å². The standard InChI is InChI=1S/C66H69ClN12O3S/c1-5-78-61-46(39-68-65(72-61)70-48-12-16-50(17-13-48)76-30-26-74(4)27-31-76)36-56(63(78)80)53-21-11-45(35-55(53)43-8-7-9-43)60-23-20-52(83-60)24-25-75-28-32-77(33-29-75)51-18-14-49(15-19-51)71-66-69-40-47-37-57(64(81)79(6-2)62(47)73-66)54-22-10-44(38-58(54)67)59-34-42(3)41-82-59/h10-23,34-40,42-43H,5-9,24-33,41H2,1-4H3,(H,68,70,72)(H,69,71,73). The number of anilines is 6. The summed E-state index contributed by atoms with van der Waals surface area (Å²) in [6, 6.07) is 37.7. The molecule has 15 nitrogen and oxygen atoms in total. The van der Waals surface area contributed by atoms with Gasteiger partial charge in [-0.25, -0.2) is 9.97 Å². The highest BCUT2D eigenvalue weighted by Crippen LogP contribution is 2.44. The van der Waals surface area contributed by atoms with Crippen molar-refractivity contribution < 1.29 is 4.74 Å². The maximum Gasteiger partial charge on any atom is 0.260 e. The van der Waals surface area contributed by atoms with Gasteiger partial charge in [0.2, 0.25) is 11.9 Å². The van der Waals surface area contributed by atoms with E-state index in [1.54, 1.807) is 15.3 Å². The molecule has 424 valence electrons. The van der Waals surface area contributed by atoms with Crippen LogP contribution in [-0.2, 0) is 24.2 Å². The SMILES string of the molecule is CCn1c(=O)c(-c2ccc(C3=CC(C)CO3)cc2Cl)cc2cnc(Nc3ccc(N4CCN(CCc5ccc(-c6ccc(-c7cc8cnc(Nc9ccc(N%10CCN(C)CC%10)cc9)nc8n(CC)c7=O)c(C7CCC7)c6)s5)CC4)cc3)nc21. The van der Waals surface area contributed by atoms with Crippen molar-refractivity contribution in [3.05, 3.63) is 169 Å². The molecule has 1 saturated carbocycles. The average molecular weight is 1150 g/mol. The van der Waals surface area contributed by atoms with E-state index in [1.807, 2.05) is 61.7 Å². The second-order valence-corrected chi connectivity index (χ2v) is 24.2. The summed E-state index contributed by atoms with van der Waals surface area (Å²) in [5, 5.41) is 8.83. The van der Waals surface area contributed by atoms with Crippen LogP contribution >= 0.6 is 22.9 Å². The van der Waals surface area contributed by atoms with Crippen LogP contribution in [0.25, 0.3) is 60.5 Å². The van der Waals surface area contributed by atoms with Gasteiger partial charge in [0.1, 0.15) is 17.1 Å². The molecule has 4 aromatic carbocycles. The molecule has 1 aliphatic carbocycles. The molecule has 2 saturated heterocycles. The molecule has 17 heteroatoms. The minimum atomic E-state index is -0.158. The lowest BCUT2D eigenvalue weighted by Gasteiger charge is -2.36. The Bertz CT molecular complexity index is 4030. The highest BCUT2D eigenvalue weighted by Gasteiger charge is 2.27. The summed E-state index contributed by atoms with van der Waals surface area (Å²) in [5.74, 6) is 2.47. The van der Waals surface area contributed by atoms with Gasteiger partial charge in [0.15, 0.2) is 0 Å². The lowest BCUT2D eigenvalue weighted by Crippen LogP contribution is -2.46. The quantitative estimate of drug-likeness (QED) is 0.0949. The molecule has 83 heavy (non-hydrogen) atoms. The number of hydrogen-bond acceptors (Lipinski definition) is 14. The first-order chi connectivity index (χ1) is 40.5. The van der Waals surface area contributed by atoms with E-state index in [4.69, 9.17) is 31.3 Å². The van der Waals surface area contributed by atoms with E-state index in [0.29, 0.717) is 76.4 Å². The van der Waals surface area contributed by atoms with Gasteiger partial charge in [-0.1, -0.05) is 49.2 Å². The van der Waals surface area contributed by atoms with Gasteiger partial charge in [-0.05, 0) is 154 Å². The molecule has 8 heterocycles. The van der Waals surface area contributed by atoms with Crippen molar-refractivity contribution in [1.29, 1.82) is 0 Å². The summed E-state index contributed by atoms with van der Waals surface area (Å²) in [6.45, 7) is 16.7. The number of thiophene rings is 1. The number of fused-ring (bicyclic) bond motifs is 2. The Morgan fingerprint density at radius 2 is 1.20 bits per heavy atom. The smallest absolute Gasteiger partial charge is 0.260 e. The zero-order chi connectivity index (χ0) is 56.7. The normalized spacial score (nSPS) is 17.0. The van der Waals surface area contributed by atoms with Crippen LogP contribution in [0.1, 0.15) is 62.0 Å². The molecule has 13 rings (SSSR count). The van der Waals surface area contributed by atoms with Crippen molar-refractivity contribution in [2.24, 2.45) is 5.92 Å². The van der Waals surface area contributed by atoms with Gasteiger partial charge >= 0.3 is 0 Å². The van der Waals surface area contributed by atoms with Crippen molar-refractivity contribution in [3.8, 4) is 32.7 Å². The molecule has 1 atom stereocenters. The fraction of sp³-hybridized carbons (Fsp3) is 0.333. The van der Waals surface area contributed by atoms with Crippen LogP contribution in [0, 0.1) is 5.92 Å². The van der Waals surface area contributed by atoms with Gasteiger partial charge in [-0.15, -0.1) is 11.3 Å². The molecule has 1 unspecified atom stereocenters. The van der Waals surface area contributed by atoms with E-state index in [2.05, 4.69) is 134 Å². The Balaban J connectivity index is 0.626. The number of pyridine rings is 2. The molecule has 2 N–H and O–H groups in total. The number of benzene rings is 4. The molecule has 9 aromatic rings. The molecule has 5 aromatic heterocycles. The molecular weight excluding hydrogens is 1080 g/mol. The average Bonchev–Trinajstić information content (AvgIpc) is 4.31. The lowest BCUT2D eigenvalue weighted by molar-refractivity contribution is 0.261. The van der Waals surface area contributed by atoms with Crippen molar-refractivity contribution in [3.63, 3.8) is 0 Å². The first kappa shape index (κ1) is 54.4. The number of ether oxygens (including phenoxy) is 1. The van der Waals surface area contributed by atoms with Gasteiger partial charge in [0.05, 0.1) is 6.61 Å². The summed E-state index contributed by atoms with van der Waals surface area (Å²) in [5.41, 5.74) is 11.4. The van der Waals surface area contributed by atoms with Crippen LogP contribution in [0.4, 0.5) is 34.6 Å². The summed E-state index contributed by atoms with van der Waals surface area (Å²) in [4.78, 5) is 60.0. The van der Waals surface area contributed by atoms with Crippen LogP contribution in [0.5, 0.6) is 0 Å². The Morgan fingerprint density at radius 1 is 0.639 bits per heavy atom. The van der Waals surface area contributed by atoms with Crippen LogP contribution in [0.3, 0.4) is 0 Å². The maximum atomic E-state index is 14.5. The third kappa shape index (κ3) is 11.2. The molecule has 3 fully saturated rings. The molecule has 0 bridgehead atoms. The minimum absolute atomic E-state index is 0.0249. The first-order valence-electron chi connectivity index (χ1n) is 29.4. The number of likely N-dealkylation sites (N-methyl/N-ethyl adjacent to an activating group) is 1. The topological polar surface area (TPSA) is 142 Å². The number of halogens is 1. The second kappa shape index (κ2) is 23.4. The van der Waals surface area contributed by atoms with E-state index in [9.17, 15) is 9.59 Å². The van der Waals surface area contributed by atoms with Crippen molar-refractivity contribution in [1.82, 2.24) is 38.9 Å². The highest BCUT2D eigenvalue weighted by atomic mass is 35.5. The van der Waals surface area contributed by atoms with E-state index < -0.39 is 0 Å². The van der Waals surface area contributed by atoms with Crippen LogP contribution in [0.2, 0.25) is 5.02 Å². The maximum absolute atomic E-state index is 14.5. The molecular formula is C66H69ClN12O3S. The zero-order valence-corrected chi connectivity index (χ0v) is 49.1. The van der Waals surface area contributed by atoms with E-state index in [0.717, 1.165) is 117 Å². The Morgan fingerprint density at radius 3 is 1.75 bits per heavy atom. The molecule has 3 aliphatic heterocycles. The Hall–Kier alpha value is -7.89. The fourth-order valence-corrected chi connectivity index (χ4v) is 13.3. The van der Waals surface area contributed by atoms with Gasteiger partial charge in [-0.3, -0.25) is 23.6 Å². The predicted molar refractivity (Wildman–Crippen MR) is 339 cm³/mol. The van der Waals surface area contributed by atoms with E-state index >= 15 is 0 Å². The number of aryl methyl sites for hydroxylation is 2. The predicted octanol–water partition coefficient (Wildman–Crippen LogP) is 12.5. The Labute approximate surface area is 492 Å². The van der Waals surface area contributed by atoms with E-state index in [1.165, 1.54) is 38.7 Å².